The third-order valence-corrected chi connectivity index (χ3v) is 4.18. The van der Waals surface area contributed by atoms with Crippen molar-refractivity contribution in [3.8, 4) is 0 Å². The van der Waals surface area contributed by atoms with Crippen LogP contribution in [0.5, 0.6) is 0 Å². The number of amides is 2. The lowest BCUT2D eigenvalue weighted by Gasteiger charge is -2.07. The SMILES string of the molecule is CC(=O)Nc1ccc(NC(=O)COC(=O)c2c[nH]c3ccc(Br)cc23)cc1. The van der Waals surface area contributed by atoms with Crippen LogP contribution in [0.3, 0.4) is 0 Å². The van der Waals surface area contributed by atoms with E-state index in [1.165, 1.54) is 6.92 Å². The zero-order valence-corrected chi connectivity index (χ0v) is 15.9. The number of hydrogen-bond acceptors (Lipinski definition) is 4. The highest BCUT2D eigenvalue weighted by atomic mass is 79.9. The van der Waals surface area contributed by atoms with Gasteiger partial charge in [-0.05, 0) is 42.5 Å². The van der Waals surface area contributed by atoms with Crippen LogP contribution in [0.15, 0.2) is 53.1 Å². The Kier molecular flexibility index (Phi) is 5.56. The fraction of sp³-hybridized carbons (Fsp3) is 0.105. The van der Waals surface area contributed by atoms with Gasteiger partial charge in [0.2, 0.25) is 5.91 Å². The first-order valence-corrected chi connectivity index (χ1v) is 8.83. The van der Waals surface area contributed by atoms with Gasteiger partial charge in [0.05, 0.1) is 5.56 Å². The van der Waals surface area contributed by atoms with E-state index in [1.54, 1.807) is 36.5 Å². The van der Waals surface area contributed by atoms with Crippen LogP contribution in [-0.2, 0) is 14.3 Å². The molecule has 7 nitrogen and oxygen atoms in total. The maximum absolute atomic E-state index is 12.3. The Morgan fingerprint density at radius 3 is 2.37 bits per heavy atom. The Labute approximate surface area is 163 Å². The molecule has 3 N–H and O–H groups in total. The van der Waals surface area contributed by atoms with Gasteiger partial charge >= 0.3 is 5.97 Å². The molecule has 8 heteroatoms. The molecule has 0 saturated carbocycles. The number of benzene rings is 2. The Balaban J connectivity index is 1.57. The molecule has 1 aromatic heterocycles. The third-order valence-electron chi connectivity index (χ3n) is 3.69. The van der Waals surface area contributed by atoms with E-state index in [0.29, 0.717) is 22.3 Å². The second kappa shape index (κ2) is 8.05. The van der Waals surface area contributed by atoms with Crippen molar-refractivity contribution in [1.82, 2.24) is 4.98 Å². The minimum absolute atomic E-state index is 0.178. The summed E-state index contributed by atoms with van der Waals surface area (Å²) in [5.74, 6) is -1.23. The van der Waals surface area contributed by atoms with Crippen molar-refractivity contribution in [2.24, 2.45) is 0 Å². The first-order valence-electron chi connectivity index (χ1n) is 8.03. The van der Waals surface area contributed by atoms with Crippen LogP contribution in [0.1, 0.15) is 17.3 Å². The molecule has 2 aromatic carbocycles. The number of aromatic nitrogens is 1. The highest BCUT2D eigenvalue weighted by Crippen LogP contribution is 2.23. The van der Waals surface area contributed by atoms with Gasteiger partial charge in [-0.25, -0.2) is 4.79 Å². The monoisotopic (exact) mass is 429 g/mol. The number of halogens is 1. The molecule has 0 spiro atoms. The topological polar surface area (TPSA) is 100 Å². The van der Waals surface area contributed by atoms with Crippen LogP contribution in [0.2, 0.25) is 0 Å². The van der Waals surface area contributed by atoms with Crippen molar-refractivity contribution in [3.05, 3.63) is 58.7 Å². The predicted molar refractivity (Wildman–Crippen MR) is 106 cm³/mol. The van der Waals surface area contributed by atoms with Crippen LogP contribution >= 0.6 is 15.9 Å². The van der Waals surface area contributed by atoms with Gasteiger partial charge < -0.3 is 20.4 Å². The van der Waals surface area contributed by atoms with Gasteiger partial charge in [0.1, 0.15) is 0 Å². The summed E-state index contributed by atoms with van der Waals surface area (Å²) in [4.78, 5) is 38.2. The van der Waals surface area contributed by atoms with Gasteiger partial charge in [0.15, 0.2) is 6.61 Å². The van der Waals surface area contributed by atoms with Crippen LogP contribution in [-0.4, -0.2) is 29.4 Å². The van der Waals surface area contributed by atoms with Crippen LogP contribution in [0, 0.1) is 0 Å². The van der Waals surface area contributed by atoms with E-state index in [4.69, 9.17) is 4.74 Å². The van der Waals surface area contributed by atoms with Crippen LogP contribution < -0.4 is 10.6 Å². The van der Waals surface area contributed by atoms with Gasteiger partial charge in [-0.3, -0.25) is 9.59 Å². The molecule has 3 rings (SSSR count). The van der Waals surface area contributed by atoms with E-state index >= 15 is 0 Å². The average molecular weight is 430 g/mol. The Morgan fingerprint density at radius 2 is 1.70 bits per heavy atom. The van der Waals surface area contributed by atoms with E-state index in [0.717, 1.165) is 9.99 Å². The van der Waals surface area contributed by atoms with E-state index in [-0.39, 0.29) is 5.91 Å². The fourth-order valence-corrected chi connectivity index (χ4v) is 2.87. The van der Waals surface area contributed by atoms with E-state index in [1.807, 2.05) is 12.1 Å². The summed E-state index contributed by atoms with van der Waals surface area (Å²) in [7, 11) is 0. The number of esters is 1. The quantitative estimate of drug-likeness (QED) is 0.538. The van der Waals surface area contributed by atoms with Crippen molar-refractivity contribution in [1.29, 1.82) is 0 Å². The van der Waals surface area contributed by atoms with Crippen molar-refractivity contribution in [2.75, 3.05) is 17.2 Å². The van der Waals surface area contributed by atoms with Crippen LogP contribution in [0.4, 0.5) is 11.4 Å². The number of carbonyl (C=O) groups is 3. The summed E-state index contributed by atoms with van der Waals surface area (Å²) in [6.07, 6.45) is 1.55. The first-order chi connectivity index (χ1) is 12.9. The molecule has 2 amide bonds. The summed E-state index contributed by atoms with van der Waals surface area (Å²) in [6.45, 7) is 1.00. The molecule has 138 valence electrons. The predicted octanol–water partition coefficient (Wildman–Crippen LogP) is 3.68. The number of ether oxygens (including phenoxy) is 1. The number of anilines is 2. The summed E-state index contributed by atoms with van der Waals surface area (Å²) >= 11 is 3.36. The van der Waals surface area contributed by atoms with Gasteiger partial charge in [0.25, 0.3) is 5.91 Å². The fourth-order valence-electron chi connectivity index (χ4n) is 2.51. The molecule has 0 radical (unpaired) electrons. The molecular weight excluding hydrogens is 414 g/mol. The van der Waals surface area contributed by atoms with Crippen molar-refractivity contribution >= 4 is 56.0 Å². The molecule has 3 aromatic rings. The highest BCUT2D eigenvalue weighted by molar-refractivity contribution is 9.10. The maximum atomic E-state index is 12.3. The molecule has 0 aliphatic rings. The number of fused-ring (bicyclic) bond motifs is 1. The number of rotatable bonds is 5. The number of carbonyl (C=O) groups excluding carboxylic acids is 3. The van der Waals surface area contributed by atoms with Gasteiger partial charge in [-0.2, -0.15) is 0 Å². The molecular formula is C19H16BrN3O4. The van der Waals surface area contributed by atoms with Crippen molar-refractivity contribution < 1.29 is 19.1 Å². The molecule has 27 heavy (non-hydrogen) atoms. The zero-order chi connectivity index (χ0) is 19.4. The Hall–Kier alpha value is -3.13. The summed E-state index contributed by atoms with van der Waals surface area (Å²) in [5, 5.41) is 5.97. The summed E-state index contributed by atoms with van der Waals surface area (Å²) in [6, 6.07) is 12.1. The minimum atomic E-state index is -0.587. The maximum Gasteiger partial charge on any atom is 0.340 e. The molecule has 0 atom stereocenters. The zero-order valence-electron chi connectivity index (χ0n) is 14.3. The number of hydrogen-bond donors (Lipinski definition) is 3. The normalized spacial score (nSPS) is 10.4. The van der Waals surface area contributed by atoms with Gasteiger partial charge in [0, 0.05) is 39.9 Å². The van der Waals surface area contributed by atoms with Crippen molar-refractivity contribution in [2.45, 2.75) is 6.92 Å². The lowest BCUT2D eigenvalue weighted by atomic mass is 10.2. The van der Waals surface area contributed by atoms with E-state index in [2.05, 4.69) is 31.5 Å². The standard InChI is InChI=1S/C19H16BrN3O4/c1-11(24)22-13-3-5-14(6-4-13)23-18(25)10-27-19(26)16-9-21-17-7-2-12(20)8-15(16)17/h2-9,21H,10H2,1H3,(H,22,24)(H,23,25). The number of aromatic amines is 1. The molecule has 0 aliphatic heterocycles. The molecule has 1 heterocycles. The molecule has 0 fully saturated rings. The smallest absolute Gasteiger partial charge is 0.340 e. The van der Waals surface area contributed by atoms with Crippen molar-refractivity contribution in [3.63, 3.8) is 0 Å². The average Bonchev–Trinajstić information content (AvgIpc) is 3.04. The summed E-state index contributed by atoms with van der Waals surface area (Å²) in [5.41, 5.74) is 2.31. The molecule has 0 unspecified atom stereocenters. The third kappa shape index (κ3) is 4.73. The van der Waals surface area contributed by atoms with E-state index < -0.39 is 18.5 Å². The van der Waals surface area contributed by atoms with Crippen LogP contribution in [0.25, 0.3) is 10.9 Å². The highest BCUT2D eigenvalue weighted by Gasteiger charge is 2.15. The van der Waals surface area contributed by atoms with Gasteiger partial charge in [-0.15, -0.1) is 0 Å². The van der Waals surface area contributed by atoms with E-state index in [9.17, 15) is 14.4 Å². The number of H-pyrrole nitrogens is 1. The first kappa shape index (κ1) is 18.7. The molecule has 0 bridgehead atoms. The summed E-state index contributed by atoms with van der Waals surface area (Å²) < 4.78 is 5.94. The molecule has 0 aliphatic carbocycles. The second-order valence-electron chi connectivity index (χ2n) is 5.78. The largest absolute Gasteiger partial charge is 0.452 e. The lowest BCUT2D eigenvalue weighted by molar-refractivity contribution is -0.119. The lowest BCUT2D eigenvalue weighted by Crippen LogP contribution is -2.20. The molecule has 0 saturated heterocycles. The second-order valence-corrected chi connectivity index (χ2v) is 6.69. The number of nitrogens with one attached hydrogen (secondary N) is 3. The Morgan fingerprint density at radius 1 is 1.04 bits per heavy atom. The Bertz CT molecular complexity index is 1010. The van der Waals surface area contributed by atoms with Gasteiger partial charge in [-0.1, -0.05) is 15.9 Å². The minimum Gasteiger partial charge on any atom is -0.452 e.